The average molecular weight is 418 g/mol. The molecule has 2 N–H and O–H groups in total. The van der Waals surface area contributed by atoms with Crippen LogP contribution in [-0.2, 0) is 9.84 Å². The lowest BCUT2D eigenvalue weighted by Crippen LogP contribution is -2.13. The molecule has 2 aromatic carbocycles. The lowest BCUT2D eigenvalue weighted by Gasteiger charge is -2.10. The number of hydrogen-bond acceptors (Lipinski definition) is 7. The summed E-state index contributed by atoms with van der Waals surface area (Å²) in [6.07, 6.45) is 1.16. The monoisotopic (exact) mass is 417 g/mol. The Balaban J connectivity index is 1.72. The highest BCUT2D eigenvalue weighted by Gasteiger charge is 2.14. The summed E-state index contributed by atoms with van der Waals surface area (Å²) in [6.45, 7) is 1.93. The number of hydrogen-bond donors (Lipinski definition) is 2. The van der Waals surface area contributed by atoms with Crippen LogP contribution in [0.1, 0.15) is 16.1 Å². The van der Waals surface area contributed by atoms with Crippen molar-refractivity contribution in [2.24, 2.45) is 0 Å². The fourth-order valence-corrected chi connectivity index (χ4v) is 3.79. The van der Waals surface area contributed by atoms with E-state index in [1.54, 1.807) is 30.7 Å². The van der Waals surface area contributed by atoms with E-state index in [-0.39, 0.29) is 16.5 Å². The number of nitrogens with zero attached hydrogens (tertiary/aromatic N) is 1. The summed E-state index contributed by atoms with van der Waals surface area (Å²) < 4.78 is 28.3. The highest BCUT2D eigenvalue weighted by atomic mass is 32.2. The van der Waals surface area contributed by atoms with Gasteiger partial charge in [-0.25, -0.2) is 13.4 Å². The summed E-state index contributed by atoms with van der Waals surface area (Å²) in [5.41, 5.74) is 2.51. The molecule has 0 unspecified atom stereocenters. The van der Waals surface area contributed by atoms with Crippen LogP contribution in [0.4, 0.5) is 16.5 Å². The van der Waals surface area contributed by atoms with Crippen molar-refractivity contribution in [3.63, 3.8) is 0 Å². The zero-order valence-electron chi connectivity index (χ0n) is 15.5. The predicted molar refractivity (Wildman–Crippen MR) is 111 cm³/mol. The largest absolute Gasteiger partial charge is 0.495 e. The fourth-order valence-electron chi connectivity index (χ4n) is 2.45. The second-order valence-electron chi connectivity index (χ2n) is 6.12. The van der Waals surface area contributed by atoms with Crippen molar-refractivity contribution in [3.8, 4) is 5.75 Å². The van der Waals surface area contributed by atoms with E-state index in [2.05, 4.69) is 15.6 Å². The number of nitrogens with one attached hydrogen (secondary N) is 2. The van der Waals surface area contributed by atoms with Crippen LogP contribution in [0.25, 0.3) is 0 Å². The standard InChI is InChI=1S/C19H19N3O4S2/c1-12-4-9-17(26-2)15(10-12)21-18(23)16-11-27-19(22-16)20-13-5-7-14(8-6-13)28(3,24)25/h4-11H,1-3H3,(H,20,22)(H,21,23). The number of sulfone groups is 1. The molecule has 0 saturated carbocycles. The summed E-state index contributed by atoms with van der Waals surface area (Å²) in [4.78, 5) is 17.0. The number of carbonyl (C=O) groups excluding carboxylic acids is 1. The Morgan fingerprint density at radius 3 is 2.50 bits per heavy atom. The van der Waals surface area contributed by atoms with Gasteiger partial charge in [-0.1, -0.05) is 6.07 Å². The molecular weight excluding hydrogens is 398 g/mol. The minimum atomic E-state index is -3.24. The lowest BCUT2D eigenvalue weighted by molar-refractivity contribution is 0.102. The summed E-state index contributed by atoms with van der Waals surface area (Å²) >= 11 is 1.27. The average Bonchev–Trinajstić information content (AvgIpc) is 3.10. The fraction of sp³-hybridized carbons (Fsp3) is 0.158. The summed E-state index contributed by atoms with van der Waals surface area (Å²) in [7, 11) is -1.70. The maximum Gasteiger partial charge on any atom is 0.275 e. The zero-order valence-corrected chi connectivity index (χ0v) is 17.1. The van der Waals surface area contributed by atoms with Crippen molar-refractivity contribution < 1.29 is 17.9 Å². The molecule has 0 atom stereocenters. The highest BCUT2D eigenvalue weighted by molar-refractivity contribution is 7.90. The van der Waals surface area contributed by atoms with Crippen LogP contribution < -0.4 is 15.4 Å². The molecule has 1 heterocycles. The third-order valence-electron chi connectivity index (χ3n) is 3.87. The first-order valence-corrected chi connectivity index (χ1v) is 11.0. The number of carbonyl (C=O) groups is 1. The molecule has 0 radical (unpaired) electrons. The molecular formula is C19H19N3O4S2. The van der Waals surface area contributed by atoms with Crippen molar-refractivity contribution in [1.29, 1.82) is 0 Å². The first-order valence-electron chi connectivity index (χ1n) is 8.25. The van der Waals surface area contributed by atoms with E-state index in [4.69, 9.17) is 4.74 Å². The van der Waals surface area contributed by atoms with E-state index >= 15 is 0 Å². The van der Waals surface area contributed by atoms with Crippen LogP contribution in [0.2, 0.25) is 0 Å². The van der Waals surface area contributed by atoms with Crippen molar-refractivity contribution in [3.05, 3.63) is 59.1 Å². The molecule has 1 amide bonds. The Hall–Kier alpha value is -2.91. The maximum atomic E-state index is 12.5. The van der Waals surface area contributed by atoms with E-state index in [0.29, 0.717) is 22.3 Å². The molecule has 7 nitrogen and oxygen atoms in total. The van der Waals surface area contributed by atoms with Crippen LogP contribution in [0, 0.1) is 6.92 Å². The Kier molecular flexibility index (Phi) is 5.66. The van der Waals surface area contributed by atoms with Gasteiger partial charge in [-0.3, -0.25) is 4.79 Å². The molecule has 0 aliphatic carbocycles. The van der Waals surface area contributed by atoms with Gasteiger partial charge < -0.3 is 15.4 Å². The molecule has 0 bridgehead atoms. The van der Waals surface area contributed by atoms with Crippen LogP contribution in [-0.4, -0.2) is 32.7 Å². The molecule has 3 aromatic rings. The van der Waals surface area contributed by atoms with Gasteiger partial charge in [0.25, 0.3) is 5.91 Å². The summed E-state index contributed by atoms with van der Waals surface area (Å²) in [5, 5.41) is 8.03. The van der Waals surface area contributed by atoms with Gasteiger partial charge in [0.05, 0.1) is 17.7 Å². The number of thiazole rings is 1. The Morgan fingerprint density at radius 1 is 1.14 bits per heavy atom. The third kappa shape index (κ3) is 4.68. The van der Waals surface area contributed by atoms with E-state index in [0.717, 1.165) is 11.8 Å². The number of aryl methyl sites for hydroxylation is 1. The van der Waals surface area contributed by atoms with Gasteiger partial charge in [-0.05, 0) is 48.9 Å². The molecule has 0 aliphatic heterocycles. The van der Waals surface area contributed by atoms with E-state index in [9.17, 15) is 13.2 Å². The van der Waals surface area contributed by atoms with Crippen LogP contribution in [0.5, 0.6) is 5.75 Å². The molecule has 9 heteroatoms. The molecule has 0 fully saturated rings. The van der Waals surface area contributed by atoms with Gasteiger partial charge in [0.2, 0.25) is 0 Å². The Labute approximate surface area is 167 Å². The number of anilines is 3. The molecule has 0 aliphatic rings. The van der Waals surface area contributed by atoms with Crippen LogP contribution in [0.3, 0.4) is 0 Å². The Morgan fingerprint density at radius 2 is 1.86 bits per heavy atom. The minimum Gasteiger partial charge on any atom is -0.495 e. The quantitative estimate of drug-likeness (QED) is 0.632. The number of amides is 1. The normalized spacial score (nSPS) is 11.1. The van der Waals surface area contributed by atoms with Gasteiger partial charge in [0.15, 0.2) is 15.0 Å². The second-order valence-corrected chi connectivity index (χ2v) is 8.99. The first kappa shape index (κ1) is 19.8. The molecule has 146 valence electrons. The van der Waals surface area contributed by atoms with Crippen LogP contribution in [0.15, 0.2) is 52.7 Å². The molecule has 3 rings (SSSR count). The number of aromatic nitrogens is 1. The predicted octanol–water partition coefficient (Wildman–Crippen LogP) is 3.86. The van der Waals surface area contributed by atoms with E-state index in [1.165, 1.54) is 23.5 Å². The summed E-state index contributed by atoms with van der Waals surface area (Å²) in [6, 6.07) is 11.8. The zero-order chi connectivity index (χ0) is 20.3. The van der Waals surface area contributed by atoms with Gasteiger partial charge in [0.1, 0.15) is 11.4 Å². The van der Waals surface area contributed by atoms with Gasteiger partial charge in [-0.2, -0.15) is 0 Å². The lowest BCUT2D eigenvalue weighted by atomic mass is 10.2. The minimum absolute atomic E-state index is 0.240. The van der Waals surface area contributed by atoms with Gasteiger partial charge in [0, 0.05) is 17.3 Å². The SMILES string of the molecule is COc1ccc(C)cc1NC(=O)c1csc(Nc2ccc(S(C)(=O)=O)cc2)n1. The topological polar surface area (TPSA) is 97.4 Å². The van der Waals surface area contributed by atoms with Crippen molar-refractivity contribution in [2.45, 2.75) is 11.8 Å². The third-order valence-corrected chi connectivity index (χ3v) is 5.76. The number of ether oxygens (including phenoxy) is 1. The van der Waals surface area contributed by atoms with Gasteiger partial charge in [-0.15, -0.1) is 11.3 Å². The summed E-state index contributed by atoms with van der Waals surface area (Å²) in [5.74, 6) is 0.221. The molecule has 0 saturated heterocycles. The number of methoxy groups -OCH3 is 1. The Bertz CT molecular complexity index is 1110. The molecule has 0 spiro atoms. The van der Waals surface area contributed by atoms with Crippen molar-refractivity contribution in [2.75, 3.05) is 24.0 Å². The smallest absolute Gasteiger partial charge is 0.275 e. The number of rotatable bonds is 6. The first-order chi connectivity index (χ1) is 13.3. The number of benzene rings is 2. The second kappa shape index (κ2) is 7.99. The van der Waals surface area contributed by atoms with Crippen LogP contribution >= 0.6 is 11.3 Å². The van der Waals surface area contributed by atoms with E-state index in [1.807, 2.05) is 19.1 Å². The highest BCUT2D eigenvalue weighted by Crippen LogP contribution is 2.27. The van der Waals surface area contributed by atoms with E-state index < -0.39 is 9.84 Å². The van der Waals surface area contributed by atoms with Crippen molar-refractivity contribution in [1.82, 2.24) is 4.98 Å². The maximum absolute atomic E-state index is 12.5. The van der Waals surface area contributed by atoms with Crippen molar-refractivity contribution >= 4 is 43.6 Å². The van der Waals surface area contributed by atoms with Gasteiger partial charge >= 0.3 is 0 Å². The molecule has 1 aromatic heterocycles. The molecule has 28 heavy (non-hydrogen) atoms.